The molecular formula is C31H34N2O7. The zero-order valence-electron chi connectivity index (χ0n) is 23.8. The lowest BCUT2D eigenvalue weighted by molar-refractivity contribution is -0.140. The molecule has 1 atom stereocenters. The molecule has 4 rings (SSSR count). The number of Topliss-reactive ketones (excluding diaryl/α,β-unsaturated/α-hetero) is 1. The van der Waals surface area contributed by atoms with Crippen molar-refractivity contribution in [1.82, 2.24) is 9.88 Å². The van der Waals surface area contributed by atoms with Crippen molar-refractivity contribution < 1.29 is 33.6 Å². The van der Waals surface area contributed by atoms with Gasteiger partial charge in [0, 0.05) is 30.1 Å². The number of hydrogen-bond donors (Lipinski definition) is 1. The monoisotopic (exact) mass is 546 g/mol. The molecule has 1 fully saturated rings. The van der Waals surface area contributed by atoms with Gasteiger partial charge in [-0.2, -0.15) is 0 Å². The van der Waals surface area contributed by atoms with Crippen molar-refractivity contribution in [3.63, 3.8) is 0 Å². The molecule has 0 bridgehead atoms. The highest BCUT2D eigenvalue weighted by Gasteiger charge is 2.46. The molecule has 9 nitrogen and oxygen atoms in total. The van der Waals surface area contributed by atoms with Crippen LogP contribution in [0.4, 0.5) is 0 Å². The van der Waals surface area contributed by atoms with E-state index in [1.54, 1.807) is 55.9 Å². The molecule has 40 heavy (non-hydrogen) atoms. The molecule has 1 N–H and O–H groups in total. The number of aliphatic hydroxyl groups excluding tert-OH is 1. The van der Waals surface area contributed by atoms with Crippen LogP contribution in [0.5, 0.6) is 23.0 Å². The van der Waals surface area contributed by atoms with E-state index in [4.69, 9.17) is 18.9 Å². The van der Waals surface area contributed by atoms with Gasteiger partial charge in [0.2, 0.25) is 5.75 Å². The standard InChI is InChI=1S/C31H34N2O7/c1-31(2,3)21-13-19(10-11-22(21)37-4)27(34)25-26(20-14-23(38-5)29(40-7)24(15-20)39-6)33(30(36)28(25)35)17-18-9-8-12-32-16-18/h8-16,26,34H,17H2,1-7H3/b27-25+. The maximum atomic E-state index is 13.6. The summed E-state index contributed by atoms with van der Waals surface area (Å²) >= 11 is 0. The number of ether oxygens (including phenoxy) is 4. The van der Waals surface area contributed by atoms with Crippen LogP contribution in [0.3, 0.4) is 0 Å². The number of hydrogen-bond acceptors (Lipinski definition) is 8. The molecule has 0 saturated carbocycles. The molecule has 0 aliphatic carbocycles. The number of nitrogens with zero attached hydrogens (tertiary/aromatic N) is 2. The van der Waals surface area contributed by atoms with Crippen LogP contribution in [-0.2, 0) is 21.5 Å². The lowest BCUT2D eigenvalue weighted by Crippen LogP contribution is -2.29. The molecule has 1 saturated heterocycles. The van der Waals surface area contributed by atoms with Crippen molar-refractivity contribution in [1.29, 1.82) is 0 Å². The van der Waals surface area contributed by atoms with Gasteiger partial charge in [0.1, 0.15) is 11.5 Å². The van der Waals surface area contributed by atoms with E-state index in [-0.39, 0.29) is 23.3 Å². The SMILES string of the molecule is COc1ccc(/C(O)=C2\C(=O)C(=O)N(Cc3cccnc3)C2c2cc(OC)c(OC)c(OC)c2)cc1C(C)(C)C. The second-order valence-corrected chi connectivity index (χ2v) is 10.4. The molecule has 1 aliphatic heterocycles. The van der Waals surface area contributed by atoms with Crippen LogP contribution in [0.25, 0.3) is 5.76 Å². The Morgan fingerprint density at radius 2 is 1.57 bits per heavy atom. The molecular weight excluding hydrogens is 512 g/mol. The van der Waals surface area contributed by atoms with Gasteiger partial charge >= 0.3 is 0 Å². The first kappa shape index (κ1) is 28.5. The van der Waals surface area contributed by atoms with E-state index in [0.717, 1.165) is 11.1 Å². The molecule has 9 heteroatoms. The molecule has 0 radical (unpaired) electrons. The Morgan fingerprint density at radius 1 is 0.925 bits per heavy atom. The minimum Gasteiger partial charge on any atom is -0.507 e. The third-order valence-electron chi connectivity index (χ3n) is 6.90. The summed E-state index contributed by atoms with van der Waals surface area (Å²) in [5, 5.41) is 11.7. The smallest absolute Gasteiger partial charge is 0.295 e. The second kappa shape index (κ2) is 11.3. The van der Waals surface area contributed by atoms with Gasteiger partial charge in [0.15, 0.2) is 11.5 Å². The van der Waals surface area contributed by atoms with E-state index in [9.17, 15) is 14.7 Å². The summed E-state index contributed by atoms with van der Waals surface area (Å²) in [6, 6.07) is 11.2. The van der Waals surface area contributed by atoms with Crippen LogP contribution in [-0.4, -0.2) is 55.1 Å². The first-order valence-electron chi connectivity index (χ1n) is 12.7. The predicted octanol–water partition coefficient (Wildman–Crippen LogP) is 5.04. The minimum atomic E-state index is -0.950. The normalized spacial score (nSPS) is 16.7. The zero-order chi connectivity index (χ0) is 29.2. The van der Waals surface area contributed by atoms with E-state index in [1.807, 2.05) is 26.8 Å². The first-order chi connectivity index (χ1) is 19.0. The molecule has 2 heterocycles. The topological polar surface area (TPSA) is 107 Å². The maximum Gasteiger partial charge on any atom is 0.295 e. The highest BCUT2D eigenvalue weighted by molar-refractivity contribution is 6.46. The average Bonchev–Trinajstić information content (AvgIpc) is 3.20. The van der Waals surface area contributed by atoms with Crippen LogP contribution < -0.4 is 18.9 Å². The summed E-state index contributed by atoms with van der Waals surface area (Å²) < 4.78 is 22.1. The number of pyridine rings is 1. The molecule has 1 amide bonds. The fourth-order valence-electron chi connectivity index (χ4n) is 4.93. The predicted molar refractivity (Wildman–Crippen MR) is 150 cm³/mol. The van der Waals surface area contributed by atoms with Crippen molar-refractivity contribution in [2.75, 3.05) is 28.4 Å². The third-order valence-corrected chi connectivity index (χ3v) is 6.90. The highest BCUT2D eigenvalue weighted by atomic mass is 16.5. The van der Waals surface area contributed by atoms with Crippen molar-refractivity contribution in [2.24, 2.45) is 0 Å². The number of amides is 1. The Hall–Kier alpha value is -4.53. The number of rotatable bonds is 8. The number of likely N-dealkylation sites (tertiary alicyclic amines) is 1. The summed E-state index contributed by atoms with van der Waals surface area (Å²) in [6.45, 7) is 6.17. The van der Waals surface area contributed by atoms with E-state index in [0.29, 0.717) is 34.1 Å². The maximum absolute atomic E-state index is 13.6. The fraction of sp³-hybridized carbons (Fsp3) is 0.323. The Labute approximate surface area is 234 Å². The van der Waals surface area contributed by atoms with E-state index < -0.39 is 17.7 Å². The van der Waals surface area contributed by atoms with Gasteiger partial charge in [0.05, 0.1) is 40.1 Å². The second-order valence-electron chi connectivity index (χ2n) is 10.4. The molecule has 2 aromatic carbocycles. The van der Waals surface area contributed by atoms with Crippen LogP contribution in [0.15, 0.2) is 60.4 Å². The van der Waals surface area contributed by atoms with Crippen LogP contribution >= 0.6 is 0 Å². The minimum absolute atomic E-state index is 0.0480. The van der Waals surface area contributed by atoms with Crippen molar-refractivity contribution in [3.8, 4) is 23.0 Å². The van der Waals surface area contributed by atoms with Crippen LogP contribution in [0.1, 0.15) is 49.1 Å². The molecule has 1 unspecified atom stereocenters. The third kappa shape index (κ3) is 5.19. The van der Waals surface area contributed by atoms with Gasteiger partial charge < -0.3 is 29.0 Å². The first-order valence-corrected chi connectivity index (χ1v) is 12.7. The Morgan fingerprint density at radius 3 is 2.10 bits per heavy atom. The summed E-state index contributed by atoms with van der Waals surface area (Å²) in [4.78, 5) is 32.7. The molecule has 1 aliphatic rings. The van der Waals surface area contributed by atoms with Crippen molar-refractivity contribution in [2.45, 2.75) is 38.8 Å². The van der Waals surface area contributed by atoms with Gasteiger partial charge in [-0.3, -0.25) is 14.6 Å². The van der Waals surface area contributed by atoms with Gasteiger partial charge in [-0.05, 0) is 52.9 Å². The molecule has 210 valence electrons. The van der Waals surface area contributed by atoms with E-state index in [2.05, 4.69) is 4.98 Å². The largest absolute Gasteiger partial charge is 0.507 e. The number of carbonyl (C=O) groups excluding carboxylic acids is 2. The number of aromatic nitrogens is 1. The van der Waals surface area contributed by atoms with Crippen LogP contribution in [0.2, 0.25) is 0 Å². The lowest BCUT2D eigenvalue weighted by Gasteiger charge is -2.27. The number of benzene rings is 2. The quantitative estimate of drug-likeness (QED) is 0.238. The molecule has 3 aromatic rings. The Bertz CT molecular complexity index is 1430. The number of aliphatic hydroxyl groups is 1. The molecule has 1 aromatic heterocycles. The van der Waals surface area contributed by atoms with E-state index >= 15 is 0 Å². The van der Waals surface area contributed by atoms with Gasteiger partial charge in [-0.15, -0.1) is 0 Å². The summed E-state index contributed by atoms with van der Waals surface area (Å²) in [7, 11) is 6.04. The number of carbonyl (C=O) groups is 2. The van der Waals surface area contributed by atoms with Crippen molar-refractivity contribution in [3.05, 3.63) is 82.7 Å². The highest BCUT2D eigenvalue weighted by Crippen LogP contribution is 2.46. The van der Waals surface area contributed by atoms with Gasteiger partial charge in [-0.1, -0.05) is 26.8 Å². The summed E-state index contributed by atoms with van der Waals surface area (Å²) in [6.07, 6.45) is 3.26. The fourth-order valence-corrected chi connectivity index (χ4v) is 4.93. The Balaban J connectivity index is 1.98. The molecule has 0 spiro atoms. The summed E-state index contributed by atoms with van der Waals surface area (Å²) in [5.74, 6) is -0.113. The van der Waals surface area contributed by atoms with Gasteiger partial charge in [0.25, 0.3) is 11.7 Å². The Kier molecular flexibility index (Phi) is 8.04. The van der Waals surface area contributed by atoms with E-state index in [1.165, 1.54) is 26.2 Å². The van der Waals surface area contributed by atoms with Crippen molar-refractivity contribution >= 4 is 17.4 Å². The lowest BCUT2D eigenvalue weighted by atomic mass is 9.84. The summed E-state index contributed by atoms with van der Waals surface area (Å²) in [5.41, 5.74) is 2.10. The van der Waals surface area contributed by atoms with Crippen LogP contribution in [0, 0.1) is 0 Å². The average molecular weight is 547 g/mol. The zero-order valence-corrected chi connectivity index (χ0v) is 23.8. The number of ketones is 1. The van der Waals surface area contributed by atoms with Gasteiger partial charge in [-0.25, -0.2) is 0 Å². The number of methoxy groups -OCH3 is 4.